The maximum Gasteiger partial charge on any atom is 0.267 e. The lowest BCUT2D eigenvalue weighted by Gasteiger charge is -2.10. The molecule has 0 aliphatic heterocycles. The van der Waals surface area contributed by atoms with Crippen LogP contribution >= 0.6 is 0 Å². The summed E-state index contributed by atoms with van der Waals surface area (Å²) in [5.41, 5.74) is 8.04. The Kier molecular flexibility index (Phi) is 4.02. The first-order valence-corrected chi connectivity index (χ1v) is 8.13. The van der Waals surface area contributed by atoms with Crippen molar-refractivity contribution in [2.45, 2.75) is 6.61 Å². The molecule has 3 N–H and O–H groups in total. The van der Waals surface area contributed by atoms with Gasteiger partial charge in [-0.05, 0) is 24.3 Å². The van der Waals surface area contributed by atoms with Crippen molar-refractivity contribution in [3.05, 3.63) is 66.0 Å². The molecule has 2 heterocycles. The number of aromatic amines is 1. The van der Waals surface area contributed by atoms with E-state index in [-0.39, 0.29) is 12.3 Å². The normalized spacial score (nSPS) is 11.1. The van der Waals surface area contributed by atoms with Crippen molar-refractivity contribution in [2.24, 2.45) is 5.73 Å². The minimum atomic E-state index is -0.588. The Morgan fingerprint density at radius 1 is 1.08 bits per heavy atom. The number of rotatable bonds is 5. The Morgan fingerprint density at radius 3 is 2.62 bits per heavy atom. The van der Waals surface area contributed by atoms with Crippen molar-refractivity contribution in [1.29, 1.82) is 0 Å². The Bertz CT molecular complexity index is 1100. The smallest absolute Gasteiger partial charge is 0.267 e. The Morgan fingerprint density at radius 2 is 1.88 bits per heavy atom. The zero-order chi connectivity index (χ0) is 18.1. The highest BCUT2D eigenvalue weighted by molar-refractivity contribution is 6.14. The summed E-state index contributed by atoms with van der Waals surface area (Å²) in [4.78, 5) is 19.4. The Labute approximate surface area is 149 Å². The monoisotopic (exact) mass is 347 g/mol. The van der Waals surface area contributed by atoms with Crippen molar-refractivity contribution < 1.29 is 14.3 Å². The van der Waals surface area contributed by atoms with Crippen molar-refractivity contribution in [3.8, 4) is 11.5 Å². The minimum absolute atomic E-state index is 0.203. The van der Waals surface area contributed by atoms with Gasteiger partial charge < -0.3 is 20.2 Å². The van der Waals surface area contributed by atoms with Crippen LogP contribution in [-0.2, 0) is 11.3 Å². The number of methoxy groups -OCH3 is 1. The number of para-hydroxylation sites is 1. The van der Waals surface area contributed by atoms with Crippen LogP contribution in [0.1, 0.15) is 16.1 Å². The van der Waals surface area contributed by atoms with E-state index in [1.165, 1.54) is 0 Å². The number of benzene rings is 2. The van der Waals surface area contributed by atoms with E-state index in [4.69, 9.17) is 15.2 Å². The average molecular weight is 347 g/mol. The van der Waals surface area contributed by atoms with Crippen LogP contribution in [0.25, 0.3) is 21.8 Å². The number of nitrogens with zero attached hydrogens (tertiary/aromatic N) is 1. The standard InChI is InChI=1S/C20H17N3O3/c1-25-11-13-17-15(10-22-19(13)20(21)24)23-14-8-5-9-16(18(14)17)26-12-6-3-2-4-7-12/h2-10,23H,11H2,1H3,(H2,21,24). The Balaban J connectivity index is 2.02. The molecule has 0 aliphatic rings. The van der Waals surface area contributed by atoms with Crippen LogP contribution in [0.4, 0.5) is 0 Å². The molecule has 0 atom stereocenters. The third-order valence-corrected chi connectivity index (χ3v) is 4.22. The minimum Gasteiger partial charge on any atom is -0.457 e. The summed E-state index contributed by atoms with van der Waals surface area (Å²) in [5, 5.41) is 1.69. The van der Waals surface area contributed by atoms with E-state index >= 15 is 0 Å². The molecule has 0 bridgehead atoms. The van der Waals surface area contributed by atoms with Gasteiger partial charge >= 0.3 is 0 Å². The fourth-order valence-electron chi connectivity index (χ4n) is 3.17. The molecule has 0 unspecified atom stereocenters. The summed E-state index contributed by atoms with van der Waals surface area (Å²) >= 11 is 0. The summed E-state index contributed by atoms with van der Waals surface area (Å²) in [5.74, 6) is 0.820. The third-order valence-electron chi connectivity index (χ3n) is 4.22. The molecule has 0 saturated heterocycles. The van der Waals surface area contributed by atoms with E-state index in [1.807, 2.05) is 48.5 Å². The highest BCUT2D eigenvalue weighted by Gasteiger charge is 2.19. The maximum atomic E-state index is 11.8. The summed E-state index contributed by atoms with van der Waals surface area (Å²) in [7, 11) is 1.57. The average Bonchev–Trinajstić information content (AvgIpc) is 3.03. The molecule has 0 spiro atoms. The maximum absolute atomic E-state index is 11.8. The fraction of sp³-hybridized carbons (Fsp3) is 0.100. The summed E-state index contributed by atoms with van der Waals surface area (Å²) in [6.07, 6.45) is 1.61. The van der Waals surface area contributed by atoms with Crippen LogP contribution < -0.4 is 10.5 Å². The number of fused-ring (bicyclic) bond motifs is 3. The van der Waals surface area contributed by atoms with Crippen LogP contribution in [0.2, 0.25) is 0 Å². The topological polar surface area (TPSA) is 90.2 Å². The van der Waals surface area contributed by atoms with Crippen molar-refractivity contribution in [2.75, 3.05) is 7.11 Å². The van der Waals surface area contributed by atoms with Gasteiger partial charge in [-0.1, -0.05) is 24.3 Å². The van der Waals surface area contributed by atoms with Crippen molar-refractivity contribution in [1.82, 2.24) is 9.97 Å². The first-order valence-electron chi connectivity index (χ1n) is 8.13. The highest BCUT2D eigenvalue weighted by atomic mass is 16.5. The van der Waals surface area contributed by atoms with Gasteiger partial charge in [-0.3, -0.25) is 4.79 Å². The lowest BCUT2D eigenvalue weighted by molar-refractivity contribution is 0.0990. The molecule has 6 heteroatoms. The van der Waals surface area contributed by atoms with Crippen LogP contribution in [0.15, 0.2) is 54.7 Å². The number of nitrogens with two attached hydrogens (primary N) is 1. The van der Waals surface area contributed by atoms with E-state index in [9.17, 15) is 4.79 Å². The van der Waals surface area contributed by atoms with Crippen LogP contribution in [0.3, 0.4) is 0 Å². The zero-order valence-corrected chi connectivity index (χ0v) is 14.2. The molecule has 2 aromatic heterocycles. The number of pyridine rings is 1. The number of hydrogen-bond donors (Lipinski definition) is 2. The van der Waals surface area contributed by atoms with E-state index in [2.05, 4.69) is 9.97 Å². The predicted molar refractivity (Wildman–Crippen MR) is 99.3 cm³/mol. The molecule has 0 fully saturated rings. The van der Waals surface area contributed by atoms with Crippen molar-refractivity contribution in [3.63, 3.8) is 0 Å². The molecule has 0 saturated carbocycles. The summed E-state index contributed by atoms with van der Waals surface area (Å²) in [6.45, 7) is 0.217. The first kappa shape index (κ1) is 16.1. The molecular weight excluding hydrogens is 330 g/mol. The van der Waals surface area contributed by atoms with E-state index in [0.29, 0.717) is 11.3 Å². The van der Waals surface area contributed by atoms with Gasteiger partial charge in [-0.25, -0.2) is 4.98 Å². The van der Waals surface area contributed by atoms with E-state index in [0.717, 1.165) is 27.6 Å². The van der Waals surface area contributed by atoms with E-state index in [1.54, 1.807) is 13.3 Å². The van der Waals surface area contributed by atoms with Gasteiger partial charge in [0.15, 0.2) is 0 Å². The fourth-order valence-corrected chi connectivity index (χ4v) is 3.17. The summed E-state index contributed by atoms with van der Waals surface area (Å²) < 4.78 is 11.4. The molecule has 1 amide bonds. The van der Waals surface area contributed by atoms with Crippen molar-refractivity contribution >= 4 is 27.7 Å². The molecule has 130 valence electrons. The largest absolute Gasteiger partial charge is 0.457 e. The van der Waals surface area contributed by atoms with Crippen LogP contribution in [0.5, 0.6) is 11.5 Å². The number of carbonyl (C=O) groups is 1. The zero-order valence-electron chi connectivity index (χ0n) is 14.2. The molecule has 0 aliphatic carbocycles. The number of ether oxygens (including phenoxy) is 2. The van der Waals surface area contributed by atoms with E-state index < -0.39 is 5.91 Å². The van der Waals surface area contributed by atoms with Gasteiger partial charge in [0, 0.05) is 18.1 Å². The molecule has 6 nitrogen and oxygen atoms in total. The second-order valence-electron chi connectivity index (χ2n) is 5.89. The molecular formula is C20H17N3O3. The van der Waals surface area contributed by atoms with Gasteiger partial charge in [-0.15, -0.1) is 0 Å². The predicted octanol–water partition coefficient (Wildman–Crippen LogP) is 3.75. The number of primary amides is 1. The second-order valence-corrected chi connectivity index (χ2v) is 5.89. The highest BCUT2D eigenvalue weighted by Crippen LogP contribution is 2.37. The molecule has 26 heavy (non-hydrogen) atoms. The van der Waals surface area contributed by atoms with Gasteiger partial charge in [0.05, 0.1) is 29.2 Å². The molecule has 4 aromatic rings. The Hall–Kier alpha value is -3.38. The number of hydrogen-bond acceptors (Lipinski definition) is 4. The van der Waals surface area contributed by atoms with Gasteiger partial charge in [0.25, 0.3) is 5.91 Å². The van der Waals surface area contributed by atoms with Crippen LogP contribution in [-0.4, -0.2) is 23.0 Å². The first-order chi connectivity index (χ1) is 12.7. The van der Waals surface area contributed by atoms with Gasteiger partial charge in [-0.2, -0.15) is 0 Å². The van der Waals surface area contributed by atoms with Gasteiger partial charge in [0.2, 0.25) is 0 Å². The SMILES string of the molecule is COCc1c(C(N)=O)ncc2[nH]c3cccc(Oc4ccccc4)c3c12. The van der Waals surface area contributed by atoms with Gasteiger partial charge in [0.1, 0.15) is 17.2 Å². The number of amides is 1. The number of aromatic nitrogens is 2. The lowest BCUT2D eigenvalue weighted by Crippen LogP contribution is -2.16. The molecule has 4 rings (SSSR count). The number of carbonyl (C=O) groups excluding carboxylic acids is 1. The number of nitrogens with one attached hydrogen (secondary N) is 1. The second kappa shape index (κ2) is 6.50. The lowest BCUT2D eigenvalue weighted by atomic mass is 10.0. The third kappa shape index (κ3) is 2.66. The molecule has 0 radical (unpaired) electrons. The number of H-pyrrole nitrogens is 1. The molecule has 2 aromatic carbocycles. The van der Waals surface area contributed by atoms with Crippen LogP contribution in [0, 0.1) is 0 Å². The quantitative estimate of drug-likeness (QED) is 0.575. The summed E-state index contributed by atoms with van der Waals surface area (Å²) in [6, 6.07) is 15.3.